The summed E-state index contributed by atoms with van der Waals surface area (Å²) in [5.74, 6) is -1.53. The number of allylic oxidation sites excluding steroid dienone is 2. The number of benzene rings is 1. The minimum atomic E-state index is -0.628. The van der Waals surface area contributed by atoms with Gasteiger partial charge in [0.05, 0.1) is 11.6 Å². The van der Waals surface area contributed by atoms with Crippen LogP contribution in [-0.2, 0) is 4.79 Å². The Labute approximate surface area is 117 Å². The van der Waals surface area contributed by atoms with Gasteiger partial charge >= 0.3 is 0 Å². The van der Waals surface area contributed by atoms with E-state index in [-0.39, 0.29) is 28.8 Å². The van der Waals surface area contributed by atoms with Crippen molar-refractivity contribution in [2.24, 2.45) is 17.3 Å². The van der Waals surface area contributed by atoms with Crippen LogP contribution in [0.25, 0.3) is 0 Å². The Balaban J connectivity index is 2.14. The summed E-state index contributed by atoms with van der Waals surface area (Å²) in [5.41, 5.74) is 0.898. The van der Waals surface area contributed by atoms with E-state index in [2.05, 4.69) is 11.4 Å². The molecule has 1 saturated carbocycles. The third-order valence-electron chi connectivity index (χ3n) is 3.89. The molecule has 0 bridgehead atoms. The second kappa shape index (κ2) is 5.00. The van der Waals surface area contributed by atoms with Gasteiger partial charge in [0.1, 0.15) is 11.6 Å². The van der Waals surface area contributed by atoms with Crippen molar-refractivity contribution < 1.29 is 13.6 Å². The summed E-state index contributed by atoms with van der Waals surface area (Å²) < 4.78 is 26.6. The van der Waals surface area contributed by atoms with Gasteiger partial charge in [0.25, 0.3) is 0 Å². The van der Waals surface area contributed by atoms with E-state index in [1.807, 2.05) is 27.7 Å². The minimum absolute atomic E-state index is 0.103. The van der Waals surface area contributed by atoms with Crippen molar-refractivity contribution in [1.82, 2.24) is 0 Å². The van der Waals surface area contributed by atoms with Gasteiger partial charge in [0, 0.05) is 6.07 Å². The molecule has 1 N–H and O–H groups in total. The Bertz CT molecular complexity index is 574. The smallest absolute Gasteiger partial charge is 0.228 e. The zero-order valence-corrected chi connectivity index (χ0v) is 12.1. The molecule has 20 heavy (non-hydrogen) atoms. The molecule has 2 atom stereocenters. The average Bonchev–Trinajstić information content (AvgIpc) is 2.84. The topological polar surface area (TPSA) is 29.1 Å². The van der Waals surface area contributed by atoms with E-state index in [9.17, 15) is 13.6 Å². The summed E-state index contributed by atoms with van der Waals surface area (Å²) in [6, 6.07) is 3.03. The largest absolute Gasteiger partial charge is 0.323 e. The standard InChI is InChI=1S/C16H19F2NO/c1-9(2)7-11-14(16(11,3)4)15(20)19-13-8-10(17)5-6-12(13)18/h5-8,11,14H,1-4H3,(H,19,20)/t11-,14-/m0/s1. The van der Waals surface area contributed by atoms with E-state index in [1.165, 1.54) is 0 Å². The van der Waals surface area contributed by atoms with Gasteiger partial charge < -0.3 is 5.32 Å². The number of carbonyl (C=O) groups excluding carboxylic acids is 1. The maximum atomic E-state index is 13.5. The number of anilines is 1. The molecule has 0 saturated heterocycles. The molecule has 2 rings (SSSR count). The Hall–Kier alpha value is -1.71. The zero-order valence-electron chi connectivity index (χ0n) is 12.1. The molecule has 0 spiro atoms. The second-order valence-electron chi connectivity index (χ2n) is 6.18. The summed E-state index contributed by atoms with van der Waals surface area (Å²) in [5, 5.41) is 2.49. The first-order valence-corrected chi connectivity index (χ1v) is 6.64. The number of carbonyl (C=O) groups is 1. The summed E-state index contributed by atoms with van der Waals surface area (Å²) in [4.78, 5) is 12.2. The monoisotopic (exact) mass is 279 g/mol. The lowest BCUT2D eigenvalue weighted by Crippen LogP contribution is -2.17. The van der Waals surface area contributed by atoms with E-state index in [4.69, 9.17) is 0 Å². The van der Waals surface area contributed by atoms with Crippen molar-refractivity contribution in [2.45, 2.75) is 27.7 Å². The number of rotatable bonds is 3. The van der Waals surface area contributed by atoms with Gasteiger partial charge in [-0.25, -0.2) is 8.78 Å². The minimum Gasteiger partial charge on any atom is -0.323 e. The van der Waals surface area contributed by atoms with Gasteiger partial charge in [-0.15, -0.1) is 0 Å². The van der Waals surface area contributed by atoms with Crippen LogP contribution < -0.4 is 5.32 Å². The highest BCUT2D eigenvalue weighted by atomic mass is 19.1. The summed E-state index contributed by atoms with van der Waals surface area (Å²) in [6.07, 6.45) is 2.06. The predicted octanol–water partition coefficient (Wildman–Crippen LogP) is 4.14. The summed E-state index contributed by atoms with van der Waals surface area (Å²) in [6.45, 7) is 7.97. The third-order valence-corrected chi connectivity index (χ3v) is 3.89. The van der Waals surface area contributed by atoms with Gasteiger partial charge in [-0.1, -0.05) is 25.5 Å². The number of hydrogen-bond donors (Lipinski definition) is 1. The van der Waals surface area contributed by atoms with Gasteiger partial charge in [0.2, 0.25) is 5.91 Å². The molecule has 0 aliphatic heterocycles. The van der Waals surface area contributed by atoms with Crippen LogP contribution in [0.4, 0.5) is 14.5 Å². The summed E-state index contributed by atoms with van der Waals surface area (Å²) >= 11 is 0. The number of halogens is 2. The molecule has 1 aliphatic carbocycles. The Kier molecular flexibility index (Phi) is 3.67. The quantitative estimate of drug-likeness (QED) is 0.828. The van der Waals surface area contributed by atoms with Crippen LogP contribution >= 0.6 is 0 Å². The Morgan fingerprint density at radius 1 is 1.30 bits per heavy atom. The lowest BCUT2D eigenvalue weighted by atomic mass is 10.1. The van der Waals surface area contributed by atoms with Crippen LogP contribution in [0.3, 0.4) is 0 Å². The Morgan fingerprint density at radius 3 is 2.55 bits per heavy atom. The maximum absolute atomic E-state index is 13.5. The van der Waals surface area contributed by atoms with Crippen molar-refractivity contribution in [1.29, 1.82) is 0 Å². The first-order valence-electron chi connectivity index (χ1n) is 6.64. The van der Waals surface area contributed by atoms with Gasteiger partial charge in [-0.3, -0.25) is 4.79 Å². The number of hydrogen-bond acceptors (Lipinski definition) is 1. The molecule has 1 aromatic carbocycles. The molecule has 1 aromatic rings. The third kappa shape index (κ3) is 2.74. The van der Waals surface area contributed by atoms with E-state index >= 15 is 0 Å². The van der Waals surface area contributed by atoms with Gasteiger partial charge in [-0.05, 0) is 37.3 Å². The number of amides is 1. The molecular weight excluding hydrogens is 260 g/mol. The molecule has 1 fully saturated rings. The molecule has 1 aliphatic rings. The van der Waals surface area contributed by atoms with Crippen molar-refractivity contribution in [3.8, 4) is 0 Å². The highest BCUT2D eigenvalue weighted by molar-refractivity contribution is 5.95. The highest BCUT2D eigenvalue weighted by Crippen LogP contribution is 2.59. The van der Waals surface area contributed by atoms with Crippen LogP contribution in [0.5, 0.6) is 0 Å². The lowest BCUT2D eigenvalue weighted by Gasteiger charge is -2.07. The molecule has 0 radical (unpaired) electrons. The van der Waals surface area contributed by atoms with Crippen LogP contribution in [0.1, 0.15) is 27.7 Å². The fourth-order valence-corrected chi connectivity index (χ4v) is 2.65. The molecule has 4 heteroatoms. The fourth-order valence-electron chi connectivity index (χ4n) is 2.65. The molecule has 1 amide bonds. The highest BCUT2D eigenvalue weighted by Gasteiger charge is 2.60. The molecular formula is C16H19F2NO. The van der Waals surface area contributed by atoms with Crippen LogP contribution in [0.15, 0.2) is 29.8 Å². The Morgan fingerprint density at radius 2 is 1.95 bits per heavy atom. The van der Waals surface area contributed by atoms with Gasteiger partial charge in [-0.2, -0.15) is 0 Å². The lowest BCUT2D eigenvalue weighted by molar-refractivity contribution is -0.118. The van der Waals surface area contributed by atoms with Crippen molar-refractivity contribution in [3.63, 3.8) is 0 Å². The molecule has 0 aromatic heterocycles. The zero-order chi connectivity index (χ0) is 15.1. The van der Waals surface area contributed by atoms with E-state index in [0.29, 0.717) is 0 Å². The number of nitrogens with one attached hydrogen (secondary N) is 1. The van der Waals surface area contributed by atoms with Crippen molar-refractivity contribution in [3.05, 3.63) is 41.5 Å². The molecule has 108 valence electrons. The predicted molar refractivity (Wildman–Crippen MR) is 75.2 cm³/mol. The maximum Gasteiger partial charge on any atom is 0.228 e. The first kappa shape index (κ1) is 14.7. The second-order valence-corrected chi connectivity index (χ2v) is 6.18. The van der Waals surface area contributed by atoms with Crippen LogP contribution in [-0.4, -0.2) is 5.91 Å². The van der Waals surface area contributed by atoms with E-state index in [0.717, 1.165) is 23.8 Å². The van der Waals surface area contributed by atoms with E-state index < -0.39 is 11.6 Å². The van der Waals surface area contributed by atoms with Crippen LogP contribution in [0.2, 0.25) is 0 Å². The van der Waals surface area contributed by atoms with Crippen LogP contribution in [0, 0.1) is 28.9 Å². The normalized spacial score (nSPS) is 23.1. The first-order chi connectivity index (χ1) is 9.23. The SMILES string of the molecule is CC(C)=C[C@H]1[C@@H](C(=O)Nc2cc(F)ccc2F)C1(C)C. The molecule has 0 heterocycles. The van der Waals surface area contributed by atoms with Crippen molar-refractivity contribution in [2.75, 3.05) is 5.32 Å². The van der Waals surface area contributed by atoms with E-state index in [1.54, 1.807) is 0 Å². The average molecular weight is 279 g/mol. The summed E-state index contributed by atoms with van der Waals surface area (Å²) in [7, 11) is 0. The fraction of sp³-hybridized carbons (Fsp3) is 0.438. The molecule has 2 nitrogen and oxygen atoms in total. The van der Waals surface area contributed by atoms with Crippen molar-refractivity contribution >= 4 is 11.6 Å². The molecule has 0 unspecified atom stereocenters. The van der Waals surface area contributed by atoms with Gasteiger partial charge in [0.15, 0.2) is 0 Å².